The van der Waals surface area contributed by atoms with Crippen molar-refractivity contribution in [2.45, 2.75) is 297 Å². The van der Waals surface area contributed by atoms with Gasteiger partial charge >= 0.3 is 17.9 Å². The molecule has 0 saturated heterocycles. The SMILES string of the molecule is CC/C=C\C/C=C\C/C=C\C/C=C\C/C=C\CC(=O)OCC(COC(=O)CCCCCCCCCCCCCCCCCCCCCCCCCCC)OC(=O)CCCCCC/C=C\C/C=C\C/C=C\C/C=C\CC. The number of ether oxygens (including phenoxy) is 3. The Labute approximate surface area is 463 Å². The number of hydrogen-bond donors (Lipinski definition) is 0. The summed E-state index contributed by atoms with van der Waals surface area (Å²) >= 11 is 0. The van der Waals surface area contributed by atoms with E-state index in [0.29, 0.717) is 6.42 Å². The summed E-state index contributed by atoms with van der Waals surface area (Å²) in [7, 11) is 0. The Morgan fingerprint density at radius 2 is 0.573 bits per heavy atom. The predicted octanol–water partition coefficient (Wildman–Crippen LogP) is 21.4. The maximum absolute atomic E-state index is 12.9. The Morgan fingerprint density at radius 1 is 0.293 bits per heavy atom. The van der Waals surface area contributed by atoms with Gasteiger partial charge < -0.3 is 14.2 Å². The van der Waals surface area contributed by atoms with Crippen molar-refractivity contribution in [3.05, 3.63) is 109 Å². The van der Waals surface area contributed by atoms with Gasteiger partial charge in [0.25, 0.3) is 0 Å². The Kier molecular flexibility index (Phi) is 59.3. The van der Waals surface area contributed by atoms with E-state index in [2.05, 4.69) is 118 Å². The second-order valence-corrected chi connectivity index (χ2v) is 20.6. The largest absolute Gasteiger partial charge is 0.462 e. The van der Waals surface area contributed by atoms with E-state index >= 15 is 0 Å². The van der Waals surface area contributed by atoms with Crippen molar-refractivity contribution in [2.75, 3.05) is 13.2 Å². The summed E-state index contributed by atoms with van der Waals surface area (Å²) in [6.45, 7) is 6.33. The standard InChI is InChI=1S/C69H116O6/c1-4-7-10-13-16-19-22-25-28-30-31-32-33-34-35-36-37-39-41-44-47-50-53-56-59-62-68(71)74-65-66(64-73-67(70)61-58-55-52-49-46-43-40-27-24-21-18-15-12-9-6-3)75-69(72)63-60-57-54-51-48-45-42-38-29-26-23-20-17-14-11-8-5-2/h8-9,11-12,17-18,20-21,26-27,29,40,42,45-46,49,55,58,66H,4-7,10,13-16,19,22-25,28,30-39,41,43-44,47-48,50-54,56-57,59-65H2,1-3H3/b11-8-,12-9-,20-17-,21-18-,29-26-,40-27-,45-42-,49-46-,58-55-. The van der Waals surface area contributed by atoms with Crippen LogP contribution in [0.3, 0.4) is 0 Å². The average Bonchev–Trinajstić information content (AvgIpc) is 3.41. The molecular formula is C69H116O6. The molecule has 0 aromatic rings. The Bertz CT molecular complexity index is 1520. The molecule has 0 spiro atoms. The molecule has 0 N–H and O–H groups in total. The van der Waals surface area contributed by atoms with Gasteiger partial charge in [-0.25, -0.2) is 0 Å². The van der Waals surface area contributed by atoms with Crippen LogP contribution in [0.15, 0.2) is 109 Å². The highest BCUT2D eigenvalue weighted by Crippen LogP contribution is 2.17. The van der Waals surface area contributed by atoms with Crippen LogP contribution in [-0.2, 0) is 28.6 Å². The van der Waals surface area contributed by atoms with Crippen LogP contribution in [-0.4, -0.2) is 37.2 Å². The molecule has 1 unspecified atom stereocenters. The van der Waals surface area contributed by atoms with E-state index in [1.807, 2.05) is 6.08 Å². The first-order valence-electron chi connectivity index (χ1n) is 31.4. The third-order valence-electron chi connectivity index (χ3n) is 13.3. The van der Waals surface area contributed by atoms with E-state index in [0.717, 1.165) is 109 Å². The normalized spacial score (nSPS) is 12.8. The highest BCUT2D eigenvalue weighted by Gasteiger charge is 2.19. The molecule has 0 aliphatic carbocycles. The van der Waals surface area contributed by atoms with Gasteiger partial charge in [0.15, 0.2) is 6.10 Å². The molecule has 0 fully saturated rings. The van der Waals surface area contributed by atoms with Crippen molar-refractivity contribution in [1.82, 2.24) is 0 Å². The molecule has 0 amide bonds. The average molecular weight is 1040 g/mol. The minimum absolute atomic E-state index is 0.117. The van der Waals surface area contributed by atoms with Gasteiger partial charge in [-0.15, -0.1) is 0 Å². The third-order valence-corrected chi connectivity index (χ3v) is 13.3. The van der Waals surface area contributed by atoms with Gasteiger partial charge in [0.1, 0.15) is 13.2 Å². The fourth-order valence-electron chi connectivity index (χ4n) is 8.69. The van der Waals surface area contributed by atoms with E-state index in [-0.39, 0.29) is 38.0 Å². The summed E-state index contributed by atoms with van der Waals surface area (Å²) in [5, 5.41) is 0. The van der Waals surface area contributed by atoms with Crippen molar-refractivity contribution in [2.24, 2.45) is 0 Å². The number of rotatable bonds is 56. The number of allylic oxidation sites excluding steroid dienone is 17. The number of hydrogen-bond acceptors (Lipinski definition) is 6. The van der Waals surface area contributed by atoms with Crippen LogP contribution >= 0.6 is 0 Å². The van der Waals surface area contributed by atoms with E-state index < -0.39 is 12.1 Å². The molecule has 0 heterocycles. The molecule has 0 saturated carbocycles. The first-order chi connectivity index (χ1) is 37.0. The quantitative estimate of drug-likeness (QED) is 0.0261. The zero-order valence-electron chi connectivity index (χ0n) is 49.0. The molecular weight excluding hydrogens is 925 g/mol. The lowest BCUT2D eigenvalue weighted by Crippen LogP contribution is -2.30. The Hall–Kier alpha value is -3.93. The molecule has 0 aliphatic rings. The fourth-order valence-corrected chi connectivity index (χ4v) is 8.69. The molecule has 6 heteroatoms. The smallest absolute Gasteiger partial charge is 0.309 e. The summed E-state index contributed by atoms with van der Waals surface area (Å²) in [5.74, 6) is -1.07. The molecule has 75 heavy (non-hydrogen) atoms. The number of carbonyl (C=O) groups is 3. The monoisotopic (exact) mass is 1040 g/mol. The van der Waals surface area contributed by atoms with Gasteiger partial charge in [-0.2, -0.15) is 0 Å². The molecule has 0 rings (SSSR count). The summed E-state index contributed by atoms with van der Waals surface area (Å²) in [6, 6.07) is 0. The number of carbonyl (C=O) groups excluding carboxylic acids is 3. The van der Waals surface area contributed by atoms with E-state index in [1.54, 1.807) is 6.08 Å². The zero-order valence-corrected chi connectivity index (χ0v) is 49.0. The topological polar surface area (TPSA) is 78.9 Å². The van der Waals surface area contributed by atoms with Crippen molar-refractivity contribution in [3.63, 3.8) is 0 Å². The fraction of sp³-hybridized carbons (Fsp3) is 0.696. The molecule has 0 bridgehead atoms. The lowest BCUT2D eigenvalue weighted by Gasteiger charge is -2.18. The van der Waals surface area contributed by atoms with Gasteiger partial charge in [0.05, 0.1) is 6.42 Å². The van der Waals surface area contributed by atoms with E-state index in [1.165, 1.54) is 141 Å². The van der Waals surface area contributed by atoms with E-state index in [9.17, 15) is 14.4 Å². The van der Waals surface area contributed by atoms with Crippen molar-refractivity contribution in [1.29, 1.82) is 0 Å². The van der Waals surface area contributed by atoms with Crippen molar-refractivity contribution in [3.8, 4) is 0 Å². The number of unbranched alkanes of at least 4 members (excludes halogenated alkanes) is 28. The summed E-state index contributed by atoms with van der Waals surface area (Å²) in [6.07, 6.45) is 85.6. The van der Waals surface area contributed by atoms with Gasteiger partial charge in [0.2, 0.25) is 0 Å². The second-order valence-electron chi connectivity index (χ2n) is 20.6. The molecule has 6 nitrogen and oxygen atoms in total. The van der Waals surface area contributed by atoms with Crippen LogP contribution in [0.1, 0.15) is 290 Å². The second kappa shape index (κ2) is 62.6. The van der Waals surface area contributed by atoms with Gasteiger partial charge in [-0.05, 0) is 83.5 Å². The molecule has 0 aliphatic heterocycles. The molecule has 0 aromatic carbocycles. The van der Waals surface area contributed by atoms with Crippen LogP contribution < -0.4 is 0 Å². The molecule has 0 radical (unpaired) electrons. The van der Waals surface area contributed by atoms with Crippen LogP contribution in [0.4, 0.5) is 0 Å². The lowest BCUT2D eigenvalue weighted by atomic mass is 10.0. The highest BCUT2D eigenvalue weighted by atomic mass is 16.6. The lowest BCUT2D eigenvalue weighted by molar-refractivity contribution is -0.166. The zero-order chi connectivity index (χ0) is 54.3. The third kappa shape index (κ3) is 60.8. The Balaban J connectivity index is 4.39. The van der Waals surface area contributed by atoms with E-state index in [4.69, 9.17) is 14.2 Å². The molecule has 428 valence electrons. The van der Waals surface area contributed by atoms with Gasteiger partial charge in [-0.1, -0.05) is 297 Å². The van der Waals surface area contributed by atoms with Crippen LogP contribution in [0.5, 0.6) is 0 Å². The maximum Gasteiger partial charge on any atom is 0.309 e. The molecule has 1 atom stereocenters. The minimum atomic E-state index is -0.832. The van der Waals surface area contributed by atoms with Gasteiger partial charge in [0, 0.05) is 12.8 Å². The summed E-state index contributed by atoms with van der Waals surface area (Å²) in [5.41, 5.74) is 0. The summed E-state index contributed by atoms with van der Waals surface area (Å²) < 4.78 is 16.8. The predicted molar refractivity (Wildman–Crippen MR) is 325 cm³/mol. The molecule has 0 aromatic heterocycles. The first kappa shape index (κ1) is 71.1. The minimum Gasteiger partial charge on any atom is -0.462 e. The van der Waals surface area contributed by atoms with Crippen LogP contribution in [0.25, 0.3) is 0 Å². The van der Waals surface area contributed by atoms with Crippen molar-refractivity contribution < 1.29 is 28.6 Å². The Morgan fingerprint density at radius 3 is 0.933 bits per heavy atom. The summed E-state index contributed by atoms with van der Waals surface area (Å²) in [4.78, 5) is 38.2. The van der Waals surface area contributed by atoms with Crippen molar-refractivity contribution >= 4 is 17.9 Å². The van der Waals surface area contributed by atoms with Crippen LogP contribution in [0.2, 0.25) is 0 Å². The highest BCUT2D eigenvalue weighted by molar-refractivity contribution is 5.72. The maximum atomic E-state index is 12.9. The van der Waals surface area contributed by atoms with Crippen LogP contribution in [0, 0.1) is 0 Å². The van der Waals surface area contributed by atoms with Gasteiger partial charge in [-0.3, -0.25) is 14.4 Å². The number of esters is 3. The first-order valence-corrected chi connectivity index (χ1v) is 31.4.